The molecular formula is C35H38O8. The van der Waals surface area contributed by atoms with Gasteiger partial charge < -0.3 is 18.9 Å². The van der Waals surface area contributed by atoms with Crippen molar-refractivity contribution in [3.05, 3.63) is 111 Å². The van der Waals surface area contributed by atoms with Gasteiger partial charge in [0.15, 0.2) is 0 Å². The first-order valence-electron chi connectivity index (χ1n) is 14.1. The third kappa shape index (κ3) is 8.88. The van der Waals surface area contributed by atoms with Crippen LogP contribution in [0.2, 0.25) is 0 Å². The molecule has 0 aliphatic heterocycles. The van der Waals surface area contributed by atoms with Gasteiger partial charge in [-0.3, -0.25) is 0 Å². The number of ether oxygens (including phenoxy) is 4. The van der Waals surface area contributed by atoms with E-state index in [0.29, 0.717) is 29.5 Å². The van der Waals surface area contributed by atoms with Gasteiger partial charge in [-0.25, -0.2) is 19.2 Å². The maximum Gasteiger partial charge on any atom is 0.343 e. The minimum absolute atomic E-state index is 0.0670. The van der Waals surface area contributed by atoms with Gasteiger partial charge in [-0.15, -0.1) is 0 Å². The molecule has 0 fully saturated rings. The highest BCUT2D eigenvalue weighted by Gasteiger charge is 2.19. The van der Waals surface area contributed by atoms with Crippen molar-refractivity contribution in [1.29, 1.82) is 0 Å². The summed E-state index contributed by atoms with van der Waals surface area (Å²) in [4.78, 5) is 50.1. The molecule has 0 aromatic heterocycles. The molecule has 3 aromatic rings. The van der Waals surface area contributed by atoms with Crippen LogP contribution in [0.3, 0.4) is 0 Å². The molecule has 0 amide bonds. The first-order valence-corrected chi connectivity index (χ1v) is 14.1. The van der Waals surface area contributed by atoms with Crippen molar-refractivity contribution in [1.82, 2.24) is 0 Å². The van der Waals surface area contributed by atoms with Crippen molar-refractivity contribution in [2.24, 2.45) is 0 Å². The number of aryl methyl sites for hydroxylation is 4. The number of hydrogen-bond donors (Lipinski definition) is 0. The summed E-state index contributed by atoms with van der Waals surface area (Å²) in [5, 5.41) is 0. The van der Waals surface area contributed by atoms with E-state index >= 15 is 0 Å². The van der Waals surface area contributed by atoms with Gasteiger partial charge in [0, 0.05) is 11.6 Å². The first-order chi connectivity index (χ1) is 20.4. The zero-order valence-electron chi connectivity index (χ0n) is 25.6. The van der Waals surface area contributed by atoms with Crippen LogP contribution in [0.4, 0.5) is 0 Å². The van der Waals surface area contributed by atoms with Crippen LogP contribution in [0.5, 0.6) is 5.75 Å². The lowest BCUT2D eigenvalue weighted by Crippen LogP contribution is -2.14. The minimum Gasteiger partial charge on any atom is -0.463 e. The Morgan fingerprint density at radius 3 is 1.70 bits per heavy atom. The zero-order valence-corrected chi connectivity index (χ0v) is 25.6. The van der Waals surface area contributed by atoms with Gasteiger partial charge in [0.1, 0.15) is 12.4 Å². The molecule has 43 heavy (non-hydrogen) atoms. The van der Waals surface area contributed by atoms with E-state index in [4.69, 9.17) is 18.9 Å². The summed E-state index contributed by atoms with van der Waals surface area (Å²) >= 11 is 0. The predicted octanol–water partition coefficient (Wildman–Crippen LogP) is 6.78. The first kappa shape index (κ1) is 32.8. The van der Waals surface area contributed by atoms with Gasteiger partial charge >= 0.3 is 23.9 Å². The van der Waals surface area contributed by atoms with E-state index in [-0.39, 0.29) is 31.1 Å². The molecule has 0 bridgehead atoms. The summed E-state index contributed by atoms with van der Waals surface area (Å²) < 4.78 is 21.5. The lowest BCUT2D eigenvalue weighted by atomic mass is 10.0. The van der Waals surface area contributed by atoms with Gasteiger partial charge in [-0.2, -0.15) is 0 Å². The Bertz CT molecular complexity index is 1500. The SMILES string of the molecule is C=CC(=O)OCCCCOC(=O)c1cc(OC(=O)c2cc(C)c(C)c(C)c2)ccc1COC(=O)c1cc(C)c(C)c(C)c1. The summed E-state index contributed by atoms with van der Waals surface area (Å²) in [7, 11) is 0. The molecule has 0 unspecified atom stereocenters. The molecule has 0 heterocycles. The third-order valence-corrected chi connectivity index (χ3v) is 7.38. The highest BCUT2D eigenvalue weighted by molar-refractivity contribution is 5.94. The van der Waals surface area contributed by atoms with Crippen LogP contribution in [-0.4, -0.2) is 37.1 Å². The van der Waals surface area contributed by atoms with E-state index in [2.05, 4.69) is 6.58 Å². The molecule has 3 aromatic carbocycles. The maximum absolute atomic E-state index is 13.1. The largest absolute Gasteiger partial charge is 0.463 e. The summed E-state index contributed by atoms with van der Waals surface area (Å²) in [5.74, 6) is -2.14. The fraction of sp³-hybridized carbons (Fsp3) is 0.314. The molecule has 0 aliphatic carbocycles. The fourth-order valence-corrected chi connectivity index (χ4v) is 4.31. The standard InChI is InChI=1S/C35H38O8/c1-8-32(36)40-13-9-10-14-41-35(39)31-19-30(43-34(38)29-17-23(4)26(7)24(5)18-29)12-11-27(31)20-42-33(37)28-15-21(2)25(6)22(3)16-28/h8,11-12,15-19H,1,9-10,13-14,20H2,2-7H3. The molecule has 0 spiro atoms. The second kappa shape index (κ2) is 15.0. The number of unbranched alkanes of at least 4 members (excludes halogenated alkanes) is 1. The quantitative estimate of drug-likeness (QED) is 0.0752. The van der Waals surface area contributed by atoms with Gasteiger partial charge in [0.25, 0.3) is 0 Å². The highest BCUT2D eigenvalue weighted by Crippen LogP contribution is 2.24. The predicted molar refractivity (Wildman–Crippen MR) is 162 cm³/mol. The van der Waals surface area contributed by atoms with Crippen LogP contribution in [-0.2, 0) is 25.6 Å². The minimum atomic E-state index is -0.670. The van der Waals surface area contributed by atoms with Crippen molar-refractivity contribution in [2.75, 3.05) is 13.2 Å². The van der Waals surface area contributed by atoms with Crippen molar-refractivity contribution < 1.29 is 38.1 Å². The molecule has 8 heteroatoms. The molecule has 226 valence electrons. The monoisotopic (exact) mass is 586 g/mol. The van der Waals surface area contributed by atoms with Crippen molar-refractivity contribution in [2.45, 2.75) is 61.0 Å². The molecule has 0 saturated carbocycles. The summed E-state index contributed by atoms with van der Waals surface area (Å²) in [6.45, 7) is 15.1. The summed E-state index contributed by atoms with van der Waals surface area (Å²) in [6, 6.07) is 11.6. The normalized spacial score (nSPS) is 10.6. The Hall–Kier alpha value is -4.72. The highest BCUT2D eigenvalue weighted by atomic mass is 16.5. The Balaban J connectivity index is 1.78. The number of hydrogen-bond acceptors (Lipinski definition) is 8. The van der Waals surface area contributed by atoms with Crippen LogP contribution in [0, 0.1) is 41.5 Å². The lowest BCUT2D eigenvalue weighted by molar-refractivity contribution is -0.137. The average Bonchev–Trinajstić information content (AvgIpc) is 2.98. The topological polar surface area (TPSA) is 105 Å². The molecule has 3 rings (SSSR count). The molecular weight excluding hydrogens is 548 g/mol. The Morgan fingerprint density at radius 1 is 0.651 bits per heavy atom. The number of carbonyl (C=O) groups is 4. The van der Waals surface area contributed by atoms with E-state index in [1.165, 1.54) is 6.07 Å². The summed E-state index contributed by atoms with van der Waals surface area (Å²) in [5.41, 5.74) is 7.36. The summed E-state index contributed by atoms with van der Waals surface area (Å²) in [6.07, 6.45) is 2.02. The van der Waals surface area contributed by atoms with Gasteiger partial charge in [-0.1, -0.05) is 12.6 Å². The van der Waals surface area contributed by atoms with Crippen LogP contribution >= 0.6 is 0 Å². The average molecular weight is 587 g/mol. The van der Waals surface area contributed by atoms with Crippen molar-refractivity contribution in [3.63, 3.8) is 0 Å². The molecule has 0 radical (unpaired) electrons. The van der Waals surface area contributed by atoms with Gasteiger partial charge in [0.05, 0.1) is 29.9 Å². The second-order valence-electron chi connectivity index (χ2n) is 10.5. The zero-order chi connectivity index (χ0) is 31.7. The number of esters is 4. The third-order valence-electron chi connectivity index (χ3n) is 7.38. The van der Waals surface area contributed by atoms with Crippen LogP contribution in [0.15, 0.2) is 55.1 Å². The lowest BCUT2D eigenvalue weighted by Gasteiger charge is -2.14. The van der Waals surface area contributed by atoms with Crippen LogP contribution in [0.1, 0.15) is 82.9 Å². The Morgan fingerprint density at radius 2 is 1.16 bits per heavy atom. The van der Waals surface area contributed by atoms with E-state index < -0.39 is 23.9 Å². The smallest absolute Gasteiger partial charge is 0.343 e. The number of rotatable bonds is 12. The van der Waals surface area contributed by atoms with Crippen molar-refractivity contribution in [3.8, 4) is 5.75 Å². The van der Waals surface area contributed by atoms with E-state index in [9.17, 15) is 19.2 Å². The molecule has 8 nitrogen and oxygen atoms in total. The Labute approximate surface area is 252 Å². The van der Waals surface area contributed by atoms with Crippen LogP contribution in [0.25, 0.3) is 0 Å². The molecule has 0 N–H and O–H groups in total. The second-order valence-corrected chi connectivity index (χ2v) is 10.5. The van der Waals surface area contributed by atoms with E-state index in [1.54, 1.807) is 36.4 Å². The van der Waals surface area contributed by atoms with E-state index in [0.717, 1.165) is 39.5 Å². The Kier molecular flexibility index (Phi) is 11.4. The van der Waals surface area contributed by atoms with Gasteiger partial charge in [0.2, 0.25) is 0 Å². The fourth-order valence-electron chi connectivity index (χ4n) is 4.31. The van der Waals surface area contributed by atoms with Gasteiger partial charge in [-0.05, 0) is 124 Å². The number of carbonyl (C=O) groups excluding carboxylic acids is 4. The number of benzene rings is 3. The van der Waals surface area contributed by atoms with Crippen molar-refractivity contribution >= 4 is 23.9 Å². The molecule has 0 saturated heterocycles. The molecule has 0 atom stereocenters. The maximum atomic E-state index is 13.1. The van der Waals surface area contributed by atoms with E-state index in [1.807, 2.05) is 41.5 Å². The molecule has 0 aliphatic rings. The van der Waals surface area contributed by atoms with Crippen LogP contribution < -0.4 is 4.74 Å².